The number of carboxylic acid groups (broad SMARTS) is 1. The third kappa shape index (κ3) is 9.65. The summed E-state index contributed by atoms with van der Waals surface area (Å²) in [6, 6.07) is -4.17. The Hall–Kier alpha value is -2.97. The number of hydrogen-bond donors (Lipinski definition) is 9. The predicted molar refractivity (Wildman–Crippen MR) is 96.6 cm³/mol. The highest BCUT2D eigenvalue weighted by Crippen LogP contribution is 2.01. The number of nitrogens with two attached hydrogens (primary N) is 3. The Morgan fingerprint density at radius 3 is 1.89 bits per heavy atom. The second kappa shape index (κ2) is 13.2. The van der Waals surface area contributed by atoms with Crippen LogP contribution < -0.4 is 33.2 Å². The van der Waals surface area contributed by atoms with Crippen LogP contribution in [-0.2, 0) is 19.2 Å². The molecule has 0 radical (unpaired) electrons. The second-order valence-corrected chi connectivity index (χ2v) is 5.60. The first-order valence-corrected chi connectivity index (χ1v) is 8.26. The molecular weight excluding hydrogens is 378 g/mol. The average molecular weight is 405 g/mol. The van der Waals surface area contributed by atoms with Crippen LogP contribution in [-0.4, -0.2) is 89.4 Å². The Bertz CT molecular complexity index is 580. The number of aliphatic hydroxyl groups excluding tert-OH is 2. The van der Waals surface area contributed by atoms with Gasteiger partial charge in [-0.2, -0.15) is 0 Å². The number of carbonyl (C=O) groups is 4. The quantitative estimate of drug-likeness (QED) is 0.0797. The zero-order valence-corrected chi connectivity index (χ0v) is 15.1. The maximum absolute atomic E-state index is 12.3. The van der Waals surface area contributed by atoms with Crippen molar-refractivity contribution in [3.05, 3.63) is 0 Å². The van der Waals surface area contributed by atoms with Crippen molar-refractivity contribution >= 4 is 29.7 Å². The Labute approximate surface area is 160 Å². The fourth-order valence-electron chi connectivity index (χ4n) is 1.95. The number of aliphatic imine (C=N–C) groups is 1. The van der Waals surface area contributed by atoms with E-state index in [0.29, 0.717) is 0 Å². The topological polar surface area (TPSA) is 255 Å². The van der Waals surface area contributed by atoms with Crippen molar-refractivity contribution in [2.45, 2.75) is 31.0 Å². The number of rotatable bonds is 13. The van der Waals surface area contributed by atoms with E-state index in [0.717, 1.165) is 0 Å². The van der Waals surface area contributed by atoms with Gasteiger partial charge in [-0.3, -0.25) is 19.4 Å². The molecule has 28 heavy (non-hydrogen) atoms. The molecular formula is C14H27N7O7. The fraction of sp³-hybridized carbons (Fsp3) is 0.643. The van der Waals surface area contributed by atoms with Gasteiger partial charge < -0.3 is 48.5 Å². The molecule has 0 spiro atoms. The number of nitrogens with zero attached hydrogens (tertiary/aromatic N) is 1. The number of carbonyl (C=O) groups excluding carboxylic acids is 3. The number of carboxylic acids is 1. The molecule has 0 rings (SSSR count). The molecule has 160 valence electrons. The lowest BCUT2D eigenvalue weighted by Gasteiger charge is -2.23. The van der Waals surface area contributed by atoms with Gasteiger partial charge in [0.2, 0.25) is 17.7 Å². The number of hydrogen-bond acceptors (Lipinski definition) is 8. The van der Waals surface area contributed by atoms with Crippen molar-refractivity contribution in [1.82, 2.24) is 16.0 Å². The van der Waals surface area contributed by atoms with E-state index in [9.17, 15) is 24.3 Å². The van der Waals surface area contributed by atoms with Crippen molar-refractivity contribution < 1.29 is 34.5 Å². The molecule has 0 saturated carbocycles. The molecule has 0 aromatic carbocycles. The highest BCUT2D eigenvalue weighted by Gasteiger charge is 2.28. The van der Waals surface area contributed by atoms with Crippen LogP contribution >= 0.6 is 0 Å². The highest BCUT2D eigenvalue weighted by atomic mass is 16.4. The average Bonchev–Trinajstić information content (AvgIpc) is 2.65. The summed E-state index contributed by atoms with van der Waals surface area (Å²) in [4.78, 5) is 50.5. The summed E-state index contributed by atoms with van der Waals surface area (Å²) < 4.78 is 0. The van der Waals surface area contributed by atoms with Crippen LogP contribution in [0.5, 0.6) is 0 Å². The maximum Gasteiger partial charge on any atom is 0.328 e. The van der Waals surface area contributed by atoms with Crippen LogP contribution in [0.2, 0.25) is 0 Å². The van der Waals surface area contributed by atoms with Gasteiger partial charge >= 0.3 is 5.97 Å². The van der Waals surface area contributed by atoms with E-state index in [1.54, 1.807) is 0 Å². The minimum atomic E-state index is -1.57. The minimum absolute atomic E-state index is 0.00903. The fourth-order valence-corrected chi connectivity index (χ4v) is 1.95. The molecule has 0 aliphatic heterocycles. The van der Waals surface area contributed by atoms with Gasteiger partial charge in [-0.25, -0.2) is 4.79 Å². The van der Waals surface area contributed by atoms with Crippen molar-refractivity contribution in [1.29, 1.82) is 0 Å². The smallest absolute Gasteiger partial charge is 0.328 e. The van der Waals surface area contributed by atoms with E-state index < -0.39 is 61.6 Å². The first kappa shape index (κ1) is 25.0. The lowest BCUT2D eigenvalue weighted by Crippen LogP contribution is -2.57. The van der Waals surface area contributed by atoms with Crippen LogP contribution in [0.3, 0.4) is 0 Å². The zero-order chi connectivity index (χ0) is 21.7. The third-order valence-electron chi connectivity index (χ3n) is 3.40. The minimum Gasteiger partial charge on any atom is -0.480 e. The van der Waals surface area contributed by atoms with E-state index in [1.807, 2.05) is 0 Å². The molecule has 0 heterocycles. The molecule has 0 aromatic rings. The Balaban J connectivity index is 5.15. The van der Waals surface area contributed by atoms with Crippen molar-refractivity contribution in [2.75, 3.05) is 26.3 Å². The van der Waals surface area contributed by atoms with Crippen molar-refractivity contribution in [2.24, 2.45) is 22.2 Å². The lowest BCUT2D eigenvalue weighted by molar-refractivity contribution is -0.143. The number of aliphatic carboxylic acids is 1. The summed E-state index contributed by atoms with van der Waals surface area (Å²) in [5.74, 6) is -4.11. The number of nitrogens with one attached hydrogen (secondary N) is 3. The van der Waals surface area contributed by atoms with Crippen LogP contribution in [0.4, 0.5) is 0 Å². The number of guanidine groups is 1. The molecule has 3 unspecified atom stereocenters. The maximum atomic E-state index is 12.3. The Morgan fingerprint density at radius 2 is 1.43 bits per heavy atom. The van der Waals surface area contributed by atoms with Gasteiger partial charge in [0.05, 0.1) is 19.8 Å². The van der Waals surface area contributed by atoms with E-state index in [1.165, 1.54) is 0 Å². The molecule has 14 heteroatoms. The normalized spacial score (nSPS) is 13.5. The van der Waals surface area contributed by atoms with E-state index >= 15 is 0 Å². The first-order chi connectivity index (χ1) is 13.2. The molecule has 0 bridgehead atoms. The number of aliphatic hydroxyl groups is 2. The van der Waals surface area contributed by atoms with Gasteiger partial charge in [-0.1, -0.05) is 0 Å². The van der Waals surface area contributed by atoms with E-state index in [-0.39, 0.29) is 25.3 Å². The summed E-state index contributed by atoms with van der Waals surface area (Å²) in [6.45, 7) is -1.89. The molecule has 0 aliphatic carbocycles. The van der Waals surface area contributed by atoms with E-state index in [2.05, 4.69) is 20.9 Å². The van der Waals surface area contributed by atoms with Crippen LogP contribution in [0, 0.1) is 0 Å². The molecule has 14 nitrogen and oxygen atoms in total. The monoisotopic (exact) mass is 405 g/mol. The molecule has 0 aliphatic rings. The molecule has 0 aromatic heterocycles. The van der Waals surface area contributed by atoms with Gasteiger partial charge in [0.25, 0.3) is 0 Å². The SMILES string of the molecule is NCC(=O)NC(CO)C(=O)NC(CCCN=C(N)N)C(=O)NC(CO)C(=O)O. The first-order valence-electron chi connectivity index (χ1n) is 8.26. The Kier molecular flexibility index (Phi) is 11.8. The van der Waals surface area contributed by atoms with Crippen molar-refractivity contribution in [3.63, 3.8) is 0 Å². The summed E-state index contributed by atoms with van der Waals surface area (Å²) >= 11 is 0. The second-order valence-electron chi connectivity index (χ2n) is 5.60. The highest BCUT2D eigenvalue weighted by molar-refractivity contribution is 5.93. The van der Waals surface area contributed by atoms with Gasteiger partial charge in [0.15, 0.2) is 5.96 Å². The van der Waals surface area contributed by atoms with Gasteiger partial charge in [0, 0.05) is 6.54 Å². The number of amides is 3. The molecule has 3 atom stereocenters. The largest absolute Gasteiger partial charge is 0.480 e. The third-order valence-corrected chi connectivity index (χ3v) is 3.40. The molecule has 3 amide bonds. The summed E-state index contributed by atoms with van der Waals surface area (Å²) in [7, 11) is 0. The summed E-state index contributed by atoms with van der Waals surface area (Å²) in [6.07, 6.45) is 0.251. The molecule has 12 N–H and O–H groups in total. The van der Waals surface area contributed by atoms with Gasteiger partial charge in [-0.15, -0.1) is 0 Å². The summed E-state index contributed by atoms with van der Waals surface area (Å²) in [5.41, 5.74) is 15.5. The molecule has 0 saturated heterocycles. The van der Waals surface area contributed by atoms with Crippen LogP contribution in [0.15, 0.2) is 4.99 Å². The Morgan fingerprint density at radius 1 is 0.893 bits per heavy atom. The lowest BCUT2D eigenvalue weighted by atomic mass is 10.1. The predicted octanol–water partition coefficient (Wildman–Crippen LogP) is -5.48. The summed E-state index contributed by atoms with van der Waals surface area (Å²) in [5, 5.41) is 33.7. The van der Waals surface area contributed by atoms with Crippen LogP contribution in [0.25, 0.3) is 0 Å². The van der Waals surface area contributed by atoms with Crippen molar-refractivity contribution in [3.8, 4) is 0 Å². The standard InChI is InChI=1S/C14H27N7O7/c15-4-10(24)19-8(5-22)12(26)20-7(2-1-3-18-14(16)17)11(25)21-9(6-23)13(27)28/h7-9,22-23H,1-6,15H2,(H,19,24)(H,20,26)(H,21,25)(H,27,28)(H4,16,17,18). The molecule has 0 fully saturated rings. The van der Waals surface area contributed by atoms with Gasteiger partial charge in [-0.05, 0) is 12.8 Å². The van der Waals surface area contributed by atoms with Gasteiger partial charge in [0.1, 0.15) is 18.1 Å². The zero-order valence-electron chi connectivity index (χ0n) is 15.1. The van der Waals surface area contributed by atoms with Crippen LogP contribution in [0.1, 0.15) is 12.8 Å². The van der Waals surface area contributed by atoms with E-state index in [4.69, 9.17) is 27.4 Å².